The van der Waals surface area contributed by atoms with Gasteiger partial charge in [-0.25, -0.2) is 0 Å². The summed E-state index contributed by atoms with van der Waals surface area (Å²) in [5.41, 5.74) is 4.60. The molecule has 0 aromatic rings. The maximum atomic E-state index is 13.0. The van der Waals surface area contributed by atoms with Gasteiger partial charge in [0.15, 0.2) is 22.9 Å². The highest BCUT2D eigenvalue weighted by molar-refractivity contribution is 6.20. The van der Waals surface area contributed by atoms with E-state index in [1.54, 1.807) is 0 Å². The van der Waals surface area contributed by atoms with Crippen molar-refractivity contribution in [3.63, 3.8) is 0 Å². The van der Waals surface area contributed by atoms with Crippen molar-refractivity contribution in [1.82, 2.24) is 0 Å². The van der Waals surface area contributed by atoms with E-state index in [0.29, 0.717) is 49.9 Å². The van der Waals surface area contributed by atoms with E-state index < -0.39 is 52.0 Å². The predicted octanol–water partition coefficient (Wildman–Crippen LogP) is 3.62. The average molecular weight is 540 g/mol. The molecule has 0 bridgehead atoms. The highest BCUT2D eigenvalue weighted by atomic mass is 16.5. The summed E-state index contributed by atoms with van der Waals surface area (Å²) in [6, 6.07) is 0. The highest BCUT2D eigenvalue weighted by Gasteiger charge is 2.58. The molecule has 5 aliphatic rings. The highest BCUT2D eigenvalue weighted by Crippen LogP contribution is 2.55. The number of carbonyl (C=O) groups excluding carboxylic acids is 3. The summed E-state index contributed by atoms with van der Waals surface area (Å²) in [6.45, 7) is 0. The monoisotopic (exact) mass is 539 g/mol. The second-order valence-electron chi connectivity index (χ2n) is 10.9. The van der Waals surface area contributed by atoms with Crippen LogP contribution in [0.15, 0.2) is 68.3 Å². The molecular formula is C29H33NO9. The molecule has 5 rings (SSSR count). The number of hydrogen-bond acceptors (Lipinski definition) is 9. The first-order valence-corrected chi connectivity index (χ1v) is 13.3. The third-order valence-electron chi connectivity index (χ3n) is 8.84. The van der Waals surface area contributed by atoms with Gasteiger partial charge in [0.1, 0.15) is 28.6 Å². The van der Waals surface area contributed by atoms with Gasteiger partial charge in [0.25, 0.3) is 5.91 Å². The molecule has 0 spiro atoms. The fraction of sp³-hybridized carbons (Fsp3) is 0.483. The number of hydrogen-bond donors (Lipinski definition) is 6. The first-order chi connectivity index (χ1) is 18.5. The molecule has 0 aromatic carbocycles. The average Bonchev–Trinajstić information content (AvgIpc) is 2.88. The Morgan fingerprint density at radius 1 is 1.03 bits per heavy atom. The molecule has 0 saturated heterocycles. The lowest BCUT2D eigenvalue weighted by molar-refractivity contribution is -0.128. The Kier molecular flexibility index (Phi) is 6.70. The van der Waals surface area contributed by atoms with Crippen LogP contribution in [0.5, 0.6) is 0 Å². The van der Waals surface area contributed by atoms with Crippen molar-refractivity contribution in [2.45, 2.75) is 69.8 Å². The summed E-state index contributed by atoms with van der Waals surface area (Å²) >= 11 is 0. The number of methoxy groups -OCH3 is 1. The van der Waals surface area contributed by atoms with Crippen LogP contribution in [0.1, 0.15) is 64.2 Å². The van der Waals surface area contributed by atoms with E-state index >= 15 is 0 Å². The topological polar surface area (TPSA) is 188 Å². The number of amides is 1. The third-order valence-corrected chi connectivity index (χ3v) is 8.84. The third kappa shape index (κ3) is 4.09. The van der Waals surface area contributed by atoms with Crippen LogP contribution < -0.4 is 5.73 Å². The van der Waals surface area contributed by atoms with Crippen molar-refractivity contribution >= 4 is 17.5 Å². The summed E-state index contributed by atoms with van der Waals surface area (Å²) in [7, 11) is 1.54. The molecule has 1 amide bonds. The van der Waals surface area contributed by atoms with Gasteiger partial charge < -0.3 is 36.0 Å². The van der Waals surface area contributed by atoms with Crippen LogP contribution in [-0.4, -0.2) is 55.7 Å². The second kappa shape index (κ2) is 9.75. The molecule has 3 atom stereocenters. The molecule has 7 N–H and O–H groups in total. The van der Waals surface area contributed by atoms with Crippen LogP contribution in [-0.2, 0) is 19.1 Å². The Hall–Kier alpha value is -3.79. The molecule has 0 aliphatic heterocycles. The number of aliphatic hydroxyl groups is 5. The van der Waals surface area contributed by atoms with Crippen LogP contribution in [0.4, 0.5) is 0 Å². The number of primary amides is 1. The molecule has 0 heterocycles. The number of allylic oxidation sites excluding steroid dienone is 7. The first-order valence-electron chi connectivity index (χ1n) is 13.3. The second-order valence-corrected chi connectivity index (χ2v) is 10.9. The largest absolute Gasteiger partial charge is 0.508 e. The fourth-order valence-corrected chi connectivity index (χ4v) is 6.90. The van der Waals surface area contributed by atoms with E-state index in [4.69, 9.17) is 10.5 Å². The van der Waals surface area contributed by atoms with E-state index in [-0.39, 0.29) is 42.0 Å². The Morgan fingerprint density at radius 3 is 2.46 bits per heavy atom. The van der Waals surface area contributed by atoms with Gasteiger partial charge in [-0.05, 0) is 62.0 Å². The molecule has 0 aromatic heterocycles. The molecule has 10 nitrogen and oxygen atoms in total. The number of fused-ring (bicyclic) bond motifs is 3. The molecule has 208 valence electrons. The van der Waals surface area contributed by atoms with Crippen molar-refractivity contribution in [2.24, 2.45) is 17.6 Å². The van der Waals surface area contributed by atoms with Crippen LogP contribution in [0.3, 0.4) is 0 Å². The number of ketones is 2. The minimum absolute atomic E-state index is 0.0543. The molecule has 10 heteroatoms. The lowest BCUT2D eigenvalue weighted by Gasteiger charge is -2.47. The van der Waals surface area contributed by atoms with E-state index in [1.807, 2.05) is 6.08 Å². The number of rotatable bonds is 6. The van der Waals surface area contributed by atoms with Gasteiger partial charge in [0.05, 0.1) is 12.7 Å². The Balaban J connectivity index is 1.50. The Morgan fingerprint density at radius 2 is 1.77 bits per heavy atom. The lowest BCUT2D eigenvalue weighted by atomic mass is 9.60. The number of aliphatic hydroxyl groups excluding tert-OH is 4. The smallest absolute Gasteiger partial charge is 0.255 e. The van der Waals surface area contributed by atoms with Gasteiger partial charge in [-0.15, -0.1) is 0 Å². The SMILES string of the molecule is COC1=C(O)C(CCCC2=C3C[C@H]4C[C@H]5CC(=O)C(C(N)=O)=C(O)[C@@]5(O)C(O)=C4C(O)=C3C(=O)CC2)=CCC1. The molecule has 0 unspecified atom stereocenters. The maximum absolute atomic E-state index is 13.0. The molecular weight excluding hydrogens is 506 g/mol. The summed E-state index contributed by atoms with van der Waals surface area (Å²) in [5.74, 6) is -5.17. The fourth-order valence-electron chi connectivity index (χ4n) is 6.90. The molecule has 5 aliphatic carbocycles. The number of nitrogens with two attached hydrogens (primary N) is 1. The molecule has 39 heavy (non-hydrogen) atoms. The van der Waals surface area contributed by atoms with E-state index in [1.165, 1.54) is 7.11 Å². The first kappa shape index (κ1) is 26.8. The number of Topliss-reactive ketones (excluding diaryl/α,β-unsaturated/α-hetero) is 2. The lowest BCUT2D eigenvalue weighted by Crippen LogP contribution is -2.53. The van der Waals surface area contributed by atoms with E-state index in [9.17, 15) is 39.9 Å². The normalized spacial score (nSPS) is 29.3. The summed E-state index contributed by atoms with van der Waals surface area (Å²) in [4.78, 5) is 37.3. The standard InChI is InChI=1S/C29H33NO9/c1-39-20-7-3-6-14(24(20)33)5-2-4-13-8-9-18(31)22-17(13)11-15-10-16-12-19(32)23(28(30)37)27(36)29(16,38)26(35)21(15)25(22)34/h6,15-16,33-36,38H,2-5,7-12H2,1H3,(H2,30,37)/t15-,16+,29+/m1/s1. The minimum Gasteiger partial charge on any atom is -0.508 e. The summed E-state index contributed by atoms with van der Waals surface area (Å²) in [5, 5.41) is 55.0. The van der Waals surface area contributed by atoms with Crippen LogP contribution >= 0.6 is 0 Å². The van der Waals surface area contributed by atoms with Gasteiger partial charge in [-0.3, -0.25) is 14.4 Å². The molecule has 0 saturated carbocycles. The number of carbonyl (C=O) groups is 3. The summed E-state index contributed by atoms with van der Waals surface area (Å²) < 4.78 is 5.26. The zero-order valence-electron chi connectivity index (χ0n) is 21.7. The molecule has 0 fully saturated rings. The Labute approximate surface area is 225 Å². The number of ether oxygens (including phenoxy) is 1. The zero-order chi connectivity index (χ0) is 28.2. The van der Waals surface area contributed by atoms with Gasteiger partial charge in [0.2, 0.25) is 0 Å². The van der Waals surface area contributed by atoms with Crippen LogP contribution in [0, 0.1) is 11.8 Å². The van der Waals surface area contributed by atoms with E-state index in [2.05, 4.69) is 0 Å². The van der Waals surface area contributed by atoms with Crippen molar-refractivity contribution in [3.8, 4) is 0 Å². The van der Waals surface area contributed by atoms with Crippen LogP contribution in [0.2, 0.25) is 0 Å². The molecule has 0 radical (unpaired) electrons. The van der Waals surface area contributed by atoms with Gasteiger partial charge >= 0.3 is 0 Å². The Bertz CT molecular complexity index is 1370. The maximum Gasteiger partial charge on any atom is 0.255 e. The van der Waals surface area contributed by atoms with Gasteiger partial charge in [0, 0.05) is 30.8 Å². The van der Waals surface area contributed by atoms with E-state index in [0.717, 1.165) is 17.6 Å². The van der Waals surface area contributed by atoms with Gasteiger partial charge in [-0.2, -0.15) is 0 Å². The van der Waals surface area contributed by atoms with Crippen LogP contribution in [0.25, 0.3) is 0 Å². The minimum atomic E-state index is -2.47. The van der Waals surface area contributed by atoms with Crippen molar-refractivity contribution in [1.29, 1.82) is 0 Å². The van der Waals surface area contributed by atoms with Crippen molar-refractivity contribution in [3.05, 3.63) is 68.3 Å². The van der Waals surface area contributed by atoms with Crippen molar-refractivity contribution in [2.75, 3.05) is 7.11 Å². The zero-order valence-corrected chi connectivity index (χ0v) is 21.7. The van der Waals surface area contributed by atoms with Crippen molar-refractivity contribution < 1.29 is 44.7 Å². The summed E-state index contributed by atoms with van der Waals surface area (Å²) in [6.07, 6.45) is 6.24. The predicted molar refractivity (Wildman–Crippen MR) is 138 cm³/mol. The van der Waals surface area contributed by atoms with Gasteiger partial charge in [-0.1, -0.05) is 11.6 Å². The quantitative estimate of drug-likeness (QED) is 0.274.